The number of nitro groups is 1. The van der Waals surface area contributed by atoms with Gasteiger partial charge in [-0.2, -0.15) is 0 Å². The highest BCUT2D eigenvalue weighted by Crippen LogP contribution is 2.40. The van der Waals surface area contributed by atoms with E-state index in [4.69, 9.17) is 9.47 Å². The number of aromatic nitrogens is 3. The molecule has 0 spiro atoms. The molecule has 0 radical (unpaired) electrons. The molecule has 150 valence electrons. The van der Waals surface area contributed by atoms with Crippen LogP contribution in [0.15, 0.2) is 47.5 Å². The molecule has 1 aliphatic heterocycles. The second-order valence-electron chi connectivity index (χ2n) is 6.54. The van der Waals surface area contributed by atoms with Crippen LogP contribution < -0.4 is 9.47 Å². The predicted octanol–water partition coefficient (Wildman–Crippen LogP) is 4.99. The molecule has 0 bridgehead atoms. The molecule has 0 saturated carbocycles. The van der Waals surface area contributed by atoms with Crippen molar-refractivity contribution in [3.8, 4) is 22.8 Å². The third kappa shape index (κ3) is 3.44. The molecule has 8 nitrogen and oxygen atoms in total. The van der Waals surface area contributed by atoms with Crippen LogP contribution in [0.1, 0.15) is 10.6 Å². The number of fused-ring (bicyclic) bond motifs is 2. The van der Waals surface area contributed by atoms with Crippen molar-refractivity contribution in [3.63, 3.8) is 0 Å². The zero-order valence-electron chi connectivity index (χ0n) is 15.7. The average Bonchev–Trinajstić information content (AvgIpc) is 3.37. The Labute approximate surface area is 179 Å². The number of non-ortho nitro benzene ring substituents is 1. The Morgan fingerprint density at radius 1 is 1.13 bits per heavy atom. The summed E-state index contributed by atoms with van der Waals surface area (Å²) in [4.78, 5) is 15.1. The van der Waals surface area contributed by atoms with Crippen molar-refractivity contribution in [2.75, 3.05) is 6.79 Å². The van der Waals surface area contributed by atoms with E-state index in [1.54, 1.807) is 23.5 Å². The van der Waals surface area contributed by atoms with Gasteiger partial charge in [-0.3, -0.25) is 10.1 Å². The Morgan fingerprint density at radius 3 is 2.73 bits per heavy atom. The van der Waals surface area contributed by atoms with Gasteiger partial charge >= 0.3 is 0 Å². The van der Waals surface area contributed by atoms with Crippen LogP contribution in [0.25, 0.3) is 21.5 Å². The summed E-state index contributed by atoms with van der Waals surface area (Å²) >= 11 is 3.08. The molecule has 0 saturated heterocycles. The van der Waals surface area contributed by atoms with Crippen LogP contribution >= 0.6 is 23.1 Å². The van der Waals surface area contributed by atoms with E-state index >= 15 is 0 Å². The molecular formula is C20H14N4O4S2. The van der Waals surface area contributed by atoms with Crippen molar-refractivity contribution in [2.45, 2.75) is 17.7 Å². The lowest BCUT2D eigenvalue weighted by atomic mass is 10.1. The van der Waals surface area contributed by atoms with Crippen LogP contribution in [-0.2, 0) is 5.75 Å². The maximum absolute atomic E-state index is 10.8. The number of benzene rings is 2. The van der Waals surface area contributed by atoms with E-state index in [1.165, 1.54) is 23.9 Å². The van der Waals surface area contributed by atoms with Crippen molar-refractivity contribution in [3.05, 3.63) is 63.1 Å². The van der Waals surface area contributed by atoms with Gasteiger partial charge in [-0.1, -0.05) is 23.9 Å². The van der Waals surface area contributed by atoms with Gasteiger partial charge in [0, 0.05) is 23.4 Å². The van der Waals surface area contributed by atoms with Crippen LogP contribution in [0.3, 0.4) is 0 Å². The molecule has 4 aromatic rings. The highest BCUT2D eigenvalue weighted by molar-refractivity contribution is 7.98. The van der Waals surface area contributed by atoms with E-state index in [0.717, 1.165) is 42.8 Å². The summed E-state index contributed by atoms with van der Waals surface area (Å²) in [5.74, 6) is 2.03. The highest BCUT2D eigenvalue weighted by Gasteiger charge is 2.19. The lowest BCUT2D eigenvalue weighted by Gasteiger charge is -2.06. The maximum atomic E-state index is 10.8. The third-order valence-electron chi connectivity index (χ3n) is 4.56. The molecule has 3 heterocycles. The van der Waals surface area contributed by atoms with Crippen molar-refractivity contribution in [2.24, 2.45) is 0 Å². The molecule has 2 aromatic heterocycles. The van der Waals surface area contributed by atoms with Gasteiger partial charge in [-0.05, 0) is 30.7 Å². The standard InChI is InChI=1S/C20H14N4O4S2/c1-11-21-18-19(30-11)17(13-4-7-15-16(8-13)28-10-27-15)22-23-20(18)29-9-12-2-5-14(6-3-12)24(25)26/h2-8H,9-10H2,1H3. The summed E-state index contributed by atoms with van der Waals surface area (Å²) in [7, 11) is 0. The first-order valence-electron chi connectivity index (χ1n) is 8.98. The topological polar surface area (TPSA) is 100 Å². The molecule has 0 amide bonds. The maximum Gasteiger partial charge on any atom is 0.269 e. The van der Waals surface area contributed by atoms with Gasteiger partial charge in [0.15, 0.2) is 11.5 Å². The summed E-state index contributed by atoms with van der Waals surface area (Å²) in [6.45, 7) is 2.18. The zero-order valence-corrected chi connectivity index (χ0v) is 17.3. The number of aryl methyl sites for hydroxylation is 1. The Balaban J connectivity index is 1.46. The number of hydrogen-bond donors (Lipinski definition) is 0. The van der Waals surface area contributed by atoms with E-state index in [1.807, 2.05) is 25.1 Å². The summed E-state index contributed by atoms with van der Waals surface area (Å²) in [5, 5.41) is 21.4. The minimum Gasteiger partial charge on any atom is -0.454 e. The Morgan fingerprint density at radius 2 is 1.93 bits per heavy atom. The monoisotopic (exact) mass is 438 g/mol. The molecule has 0 atom stereocenters. The van der Waals surface area contributed by atoms with Crippen molar-refractivity contribution >= 4 is 39.0 Å². The highest BCUT2D eigenvalue weighted by atomic mass is 32.2. The zero-order chi connectivity index (χ0) is 20.7. The number of ether oxygens (including phenoxy) is 2. The first kappa shape index (κ1) is 18.8. The Bertz CT molecular complexity index is 1270. The van der Waals surface area contributed by atoms with Crippen molar-refractivity contribution in [1.29, 1.82) is 0 Å². The van der Waals surface area contributed by atoms with Crippen LogP contribution in [-0.4, -0.2) is 26.9 Å². The molecule has 30 heavy (non-hydrogen) atoms. The fourth-order valence-electron chi connectivity index (χ4n) is 3.12. The van der Waals surface area contributed by atoms with Crippen molar-refractivity contribution < 1.29 is 14.4 Å². The fourth-order valence-corrected chi connectivity index (χ4v) is 4.99. The second-order valence-corrected chi connectivity index (χ2v) is 8.71. The molecule has 1 aliphatic rings. The predicted molar refractivity (Wildman–Crippen MR) is 114 cm³/mol. The van der Waals surface area contributed by atoms with Gasteiger partial charge in [0.25, 0.3) is 5.69 Å². The van der Waals surface area contributed by atoms with Gasteiger partial charge < -0.3 is 9.47 Å². The van der Waals surface area contributed by atoms with Gasteiger partial charge in [-0.15, -0.1) is 21.5 Å². The minimum atomic E-state index is -0.404. The van der Waals surface area contributed by atoms with Gasteiger partial charge in [0.05, 0.1) is 14.6 Å². The van der Waals surface area contributed by atoms with E-state index in [0.29, 0.717) is 11.5 Å². The average molecular weight is 438 g/mol. The summed E-state index contributed by atoms with van der Waals surface area (Å²) in [6, 6.07) is 12.2. The number of nitrogens with zero attached hydrogens (tertiary/aromatic N) is 4. The number of hydrogen-bond acceptors (Lipinski definition) is 9. The van der Waals surface area contributed by atoms with E-state index in [-0.39, 0.29) is 12.5 Å². The molecule has 0 N–H and O–H groups in total. The first-order chi connectivity index (χ1) is 14.6. The number of thiazole rings is 1. The molecule has 10 heteroatoms. The molecule has 0 aliphatic carbocycles. The SMILES string of the molecule is Cc1nc2c(SCc3ccc([N+](=O)[O-])cc3)nnc(-c3ccc4c(c3)OCO4)c2s1. The lowest BCUT2D eigenvalue weighted by molar-refractivity contribution is -0.384. The Kier molecular flexibility index (Phi) is 4.72. The number of thioether (sulfide) groups is 1. The Hall–Kier alpha value is -3.24. The fraction of sp³-hybridized carbons (Fsp3) is 0.150. The third-order valence-corrected chi connectivity index (χ3v) is 6.56. The van der Waals surface area contributed by atoms with Gasteiger partial charge in [-0.25, -0.2) is 4.98 Å². The number of rotatable bonds is 5. The van der Waals surface area contributed by atoms with Crippen LogP contribution in [0.2, 0.25) is 0 Å². The quantitative estimate of drug-likeness (QED) is 0.244. The van der Waals surface area contributed by atoms with Crippen LogP contribution in [0, 0.1) is 17.0 Å². The largest absolute Gasteiger partial charge is 0.454 e. The smallest absolute Gasteiger partial charge is 0.269 e. The minimum absolute atomic E-state index is 0.0779. The summed E-state index contributed by atoms with van der Waals surface area (Å²) < 4.78 is 11.8. The normalized spacial score (nSPS) is 12.4. The molecule has 0 unspecified atom stereocenters. The molecular weight excluding hydrogens is 424 g/mol. The summed E-state index contributed by atoms with van der Waals surface area (Å²) in [6.07, 6.45) is 0. The van der Waals surface area contributed by atoms with E-state index in [2.05, 4.69) is 15.2 Å². The van der Waals surface area contributed by atoms with Crippen LogP contribution in [0.4, 0.5) is 5.69 Å². The van der Waals surface area contributed by atoms with Gasteiger partial charge in [0.1, 0.15) is 16.2 Å². The van der Waals surface area contributed by atoms with E-state index in [9.17, 15) is 10.1 Å². The molecule has 5 rings (SSSR count). The van der Waals surface area contributed by atoms with Crippen molar-refractivity contribution in [1.82, 2.24) is 15.2 Å². The van der Waals surface area contributed by atoms with Gasteiger partial charge in [0.2, 0.25) is 6.79 Å². The molecule has 0 fully saturated rings. The second kappa shape index (κ2) is 7.54. The summed E-state index contributed by atoms with van der Waals surface area (Å²) in [5.41, 5.74) is 3.51. The molecule has 2 aromatic carbocycles. The van der Waals surface area contributed by atoms with Crippen LogP contribution in [0.5, 0.6) is 11.5 Å². The van der Waals surface area contributed by atoms with E-state index < -0.39 is 4.92 Å². The lowest BCUT2D eigenvalue weighted by Crippen LogP contribution is -1.94. The first-order valence-corrected chi connectivity index (χ1v) is 10.8. The number of nitro benzene ring substituents is 1.